The van der Waals surface area contributed by atoms with Crippen molar-refractivity contribution in [1.29, 1.82) is 0 Å². The Hall–Kier alpha value is -0.785. The van der Waals surface area contributed by atoms with Crippen molar-refractivity contribution in [2.45, 2.75) is 45.1 Å². The summed E-state index contributed by atoms with van der Waals surface area (Å²) in [5.74, 6) is 0. The minimum atomic E-state index is -4.48. The van der Waals surface area contributed by atoms with Crippen LogP contribution in [0.2, 0.25) is 5.02 Å². The molecule has 1 aliphatic rings. The van der Waals surface area contributed by atoms with E-state index in [0.29, 0.717) is 0 Å². The van der Waals surface area contributed by atoms with Crippen molar-refractivity contribution in [3.63, 3.8) is 0 Å². The van der Waals surface area contributed by atoms with E-state index in [1.165, 1.54) is 0 Å². The third kappa shape index (κ3) is 2.66. The number of aromatic nitrogens is 1. The lowest BCUT2D eigenvalue weighted by atomic mass is 9.84. The monoisotopic (exact) mass is 307 g/mol. The van der Waals surface area contributed by atoms with Gasteiger partial charge in [-0.05, 0) is 33.8 Å². The number of halogens is 4. The highest BCUT2D eigenvalue weighted by Gasteiger charge is 2.53. The van der Waals surface area contributed by atoms with Gasteiger partial charge < -0.3 is 9.31 Å². The van der Waals surface area contributed by atoms with Gasteiger partial charge in [-0.15, -0.1) is 0 Å². The first-order valence-corrected chi connectivity index (χ1v) is 6.40. The van der Waals surface area contributed by atoms with Crippen LogP contribution in [0.4, 0.5) is 13.2 Å². The van der Waals surface area contributed by atoms with E-state index < -0.39 is 30.1 Å². The maximum atomic E-state index is 12.6. The lowest BCUT2D eigenvalue weighted by molar-refractivity contribution is -0.137. The van der Waals surface area contributed by atoms with E-state index >= 15 is 0 Å². The highest BCUT2D eigenvalue weighted by molar-refractivity contribution is 6.64. The molecular weight excluding hydrogens is 293 g/mol. The van der Waals surface area contributed by atoms with Gasteiger partial charge in [-0.1, -0.05) is 11.6 Å². The Bertz CT molecular complexity index is 518. The maximum absolute atomic E-state index is 12.6. The molecule has 1 fully saturated rings. The van der Waals surface area contributed by atoms with Crippen LogP contribution >= 0.6 is 11.6 Å². The SMILES string of the molecule is CC1(C)OB(c2ncc(C(F)(F)F)cc2Cl)OC1(C)C. The van der Waals surface area contributed by atoms with Crippen LogP contribution in [0.3, 0.4) is 0 Å². The summed E-state index contributed by atoms with van der Waals surface area (Å²) in [6, 6.07) is 0.828. The van der Waals surface area contributed by atoms with Gasteiger partial charge in [0, 0.05) is 6.20 Å². The van der Waals surface area contributed by atoms with Gasteiger partial charge in [-0.2, -0.15) is 13.2 Å². The highest BCUT2D eigenvalue weighted by atomic mass is 35.5. The molecule has 0 radical (unpaired) electrons. The fraction of sp³-hybridized carbons (Fsp3) is 0.583. The minimum Gasteiger partial charge on any atom is -0.398 e. The first-order chi connectivity index (χ1) is 8.94. The van der Waals surface area contributed by atoms with E-state index in [1.807, 2.05) is 27.7 Å². The first-order valence-electron chi connectivity index (χ1n) is 6.02. The largest absolute Gasteiger partial charge is 0.516 e. The molecule has 0 aliphatic carbocycles. The smallest absolute Gasteiger partial charge is 0.398 e. The summed E-state index contributed by atoms with van der Waals surface area (Å²) < 4.78 is 49.1. The maximum Gasteiger partial charge on any atom is 0.516 e. The Balaban J connectivity index is 2.33. The molecule has 8 heteroatoms. The van der Waals surface area contributed by atoms with Gasteiger partial charge in [0.1, 0.15) is 0 Å². The fourth-order valence-corrected chi connectivity index (χ4v) is 1.99. The zero-order valence-electron chi connectivity index (χ0n) is 11.5. The van der Waals surface area contributed by atoms with E-state index in [9.17, 15) is 13.2 Å². The molecule has 3 nitrogen and oxygen atoms in total. The number of hydrogen-bond donors (Lipinski definition) is 0. The van der Waals surface area contributed by atoms with Gasteiger partial charge >= 0.3 is 13.3 Å². The first kappa shape index (κ1) is 15.6. The van der Waals surface area contributed by atoms with Crippen molar-refractivity contribution in [2.24, 2.45) is 0 Å². The molecular formula is C12H14BClF3NO2. The topological polar surface area (TPSA) is 31.4 Å². The Morgan fingerprint density at radius 2 is 1.65 bits per heavy atom. The van der Waals surface area contributed by atoms with Crippen molar-refractivity contribution in [3.05, 3.63) is 22.8 Å². The van der Waals surface area contributed by atoms with Crippen molar-refractivity contribution >= 4 is 24.3 Å². The lowest BCUT2D eigenvalue weighted by Gasteiger charge is -2.32. The van der Waals surface area contributed by atoms with E-state index in [4.69, 9.17) is 20.9 Å². The van der Waals surface area contributed by atoms with Crippen LogP contribution < -0.4 is 5.59 Å². The third-order valence-corrected chi connectivity index (χ3v) is 3.98. The van der Waals surface area contributed by atoms with E-state index in [0.717, 1.165) is 12.3 Å². The van der Waals surface area contributed by atoms with E-state index in [2.05, 4.69) is 4.98 Å². The number of hydrogen-bond acceptors (Lipinski definition) is 3. The summed E-state index contributed by atoms with van der Waals surface area (Å²) in [6.45, 7) is 7.35. The molecule has 0 unspecified atom stereocenters. The molecule has 1 aromatic rings. The normalized spacial score (nSPS) is 21.3. The van der Waals surface area contributed by atoms with Crippen molar-refractivity contribution < 1.29 is 22.5 Å². The molecule has 0 amide bonds. The van der Waals surface area contributed by atoms with Crippen LogP contribution in [-0.4, -0.2) is 23.3 Å². The van der Waals surface area contributed by atoms with Crippen LogP contribution in [0.15, 0.2) is 12.3 Å². The predicted molar refractivity (Wildman–Crippen MR) is 70.0 cm³/mol. The second-order valence-corrected chi connectivity index (χ2v) is 6.08. The highest BCUT2D eigenvalue weighted by Crippen LogP contribution is 2.37. The minimum absolute atomic E-state index is 0.127. The molecule has 2 rings (SSSR count). The van der Waals surface area contributed by atoms with Gasteiger partial charge in [0.15, 0.2) is 0 Å². The Kier molecular flexibility index (Phi) is 3.60. The molecule has 1 aliphatic heterocycles. The van der Waals surface area contributed by atoms with E-state index in [1.54, 1.807) is 0 Å². The van der Waals surface area contributed by atoms with Crippen molar-refractivity contribution in [3.8, 4) is 0 Å². The summed E-state index contributed by atoms with van der Waals surface area (Å²) in [7, 11) is -0.880. The molecule has 0 aromatic carbocycles. The molecule has 0 saturated carbocycles. The second kappa shape index (κ2) is 4.61. The van der Waals surface area contributed by atoms with Gasteiger partial charge in [-0.3, -0.25) is 4.98 Å². The molecule has 0 spiro atoms. The Morgan fingerprint density at radius 1 is 1.15 bits per heavy atom. The van der Waals surface area contributed by atoms with Gasteiger partial charge in [0.05, 0.1) is 27.4 Å². The summed E-state index contributed by atoms with van der Waals surface area (Å²) >= 11 is 5.88. The van der Waals surface area contributed by atoms with Crippen LogP contribution in [0.1, 0.15) is 33.3 Å². The second-order valence-electron chi connectivity index (χ2n) is 5.68. The standard InChI is InChI=1S/C12H14BClF3NO2/c1-10(2)11(3,4)20-13(19-10)9-8(14)5-7(6-18-9)12(15,16)17/h5-6H,1-4H3. The Morgan fingerprint density at radius 3 is 2.05 bits per heavy atom. The summed E-state index contributed by atoms with van der Waals surface area (Å²) in [5.41, 5.74) is -1.96. The number of pyridine rings is 1. The fourth-order valence-electron chi connectivity index (χ4n) is 1.73. The van der Waals surface area contributed by atoms with Crippen LogP contribution in [0.5, 0.6) is 0 Å². The third-order valence-electron chi connectivity index (χ3n) is 3.67. The van der Waals surface area contributed by atoms with Crippen LogP contribution in [-0.2, 0) is 15.5 Å². The molecule has 0 N–H and O–H groups in total. The molecule has 0 atom stereocenters. The summed E-state index contributed by atoms with van der Waals surface area (Å²) in [5, 5.41) is -0.127. The molecule has 0 bridgehead atoms. The van der Waals surface area contributed by atoms with E-state index in [-0.39, 0.29) is 10.6 Å². The van der Waals surface area contributed by atoms with Gasteiger partial charge in [-0.25, -0.2) is 0 Å². The Labute approximate surface area is 120 Å². The summed E-state index contributed by atoms with van der Waals surface area (Å²) in [4.78, 5) is 3.76. The average Bonchev–Trinajstić information content (AvgIpc) is 2.46. The number of rotatable bonds is 1. The molecule has 110 valence electrons. The van der Waals surface area contributed by atoms with Crippen molar-refractivity contribution in [1.82, 2.24) is 4.98 Å². The molecule has 1 saturated heterocycles. The number of alkyl halides is 3. The van der Waals surface area contributed by atoms with Crippen LogP contribution in [0.25, 0.3) is 0 Å². The zero-order chi connectivity index (χ0) is 15.3. The lowest BCUT2D eigenvalue weighted by Crippen LogP contribution is -2.41. The van der Waals surface area contributed by atoms with Gasteiger partial charge in [0.25, 0.3) is 0 Å². The molecule has 2 heterocycles. The number of nitrogens with zero attached hydrogens (tertiary/aromatic N) is 1. The van der Waals surface area contributed by atoms with Crippen LogP contribution in [0, 0.1) is 0 Å². The summed E-state index contributed by atoms with van der Waals surface area (Å²) in [6.07, 6.45) is -3.75. The predicted octanol–water partition coefficient (Wildman–Crippen LogP) is 3.05. The molecule has 20 heavy (non-hydrogen) atoms. The average molecular weight is 308 g/mol. The van der Waals surface area contributed by atoms with Crippen molar-refractivity contribution in [2.75, 3.05) is 0 Å². The quantitative estimate of drug-likeness (QED) is 0.747. The van der Waals surface area contributed by atoms with Gasteiger partial charge in [0.2, 0.25) is 0 Å². The molecule has 1 aromatic heterocycles. The zero-order valence-corrected chi connectivity index (χ0v) is 12.3.